The molecular formula is C39H53NO9. The van der Waals surface area contributed by atoms with Gasteiger partial charge in [0.1, 0.15) is 5.41 Å². The van der Waals surface area contributed by atoms with Crippen LogP contribution in [-0.2, 0) is 34.0 Å². The minimum Gasteiger partial charge on any atom is -0.465 e. The Bertz CT molecular complexity index is 1400. The molecule has 0 bridgehead atoms. The molecule has 0 radical (unpaired) electrons. The monoisotopic (exact) mass is 679 g/mol. The maximum absolute atomic E-state index is 13.2. The second-order valence-corrected chi connectivity index (χ2v) is 10.4. The Labute approximate surface area is 291 Å². The molecule has 3 rings (SSSR count). The predicted molar refractivity (Wildman–Crippen MR) is 190 cm³/mol. The second-order valence-electron chi connectivity index (χ2n) is 10.4. The van der Waals surface area contributed by atoms with Crippen molar-refractivity contribution in [2.24, 2.45) is 0 Å². The lowest BCUT2D eigenvalue weighted by molar-refractivity contribution is -0.156. The highest BCUT2D eigenvalue weighted by Gasteiger charge is 2.42. The number of unbranched alkanes of at least 4 members (excludes halogenated alkanes) is 1. The van der Waals surface area contributed by atoms with Crippen LogP contribution in [0.2, 0.25) is 0 Å². The van der Waals surface area contributed by atoms with Crippen molar-refractivity contribution in [3.05, 3.63) is 107 Å². The molecule has 0 fully saturated rings. The average Bonchev–Trinajstić information content (AvgIpc) is 3.36. The first-order valence-corrected chi connectivity index (χ1v) is 16.9. The van der Waals surface area contributed by atoms with E-state index in [1.165, 1.54) is 0 Å². The number of esters is 3. The minimum absolute atomic E-state index is 0.00352. The molecule has 49 heavy (non-hydrogen) atoms. The van der Waals surface area contributed by atoms with Crippen molar-refractivity contribution in [1.82, 2.24) is 5.32 Å². The van der Waals surface area contributed by atoms with E-state index in [0.717, 1.165) is 31.1 Å². The molecule has 1 unspecified atom stereocenters. The van der Waals surface area contributed by atoms with Crippen molar-refractivity contribution in [3.63, 3.8) is 0 Å². The molecule has 0 saturated carbocycles. The first-order chi connectivity index (χ1) is 23.8. The molecule has 0 aromatic heterocycles. The highest BCUT2D eigenvalue weighted by atomic mass is 16.5. The van der Waals surface area contributed by atoms with Crippen LogP contribution >= 0.6 is 0 Å². The van der Waals surface area contributed by atoms with E-state index in [1.807, 2.05) is 70.2 Å². The summed E-state index contributed by atoms with van der Waals surface area (Å²) in [7, 11) is 1.00. The molecule has 268 valence electrons. The van der Waals surface area contributed by atoms with Gasteiger partial charge in [0, 0.05) is 25.8 Å². The van der Waals surface area contributed by atoms with Crippen molar-refractivity contribution < 1.29 is 43.2 Å². The third kappa shape index (κ3) is 13.8. The molecule has 1 aliphatic rings. The zero-order valence-corrected chi connectivity index (χ0v) is 29.8. The van der Waals surface area contributed by atoms with E-state index < -0.39 is 29.2 Å². The lowest BCUT2D eigenvalue weighted by Crippen LogP contribution is -2.43. The summed E-state index contributed by atoms with van der Waals surface area (Å²) in [5, 5.41) is 9.84. The van der Waals surface area contributed by atoms with Gasteiger partial charge in [-0.15, -0.1) is 0 Å². The summed E-state index contributed by atoms with van der Waals surface area (Å²) >= 11 is 0. The number of amides is 1. The fourth-order valence-corrected chi connectivity index (χ4v) is 4.78. The van der Waals surface area contributed by atoms with Gasteiger partial charge in [0.05, 0.1) is 44.0 Å². The Morgan fingerprint density at radius 1 is 0.796 bits per heavy atom. The number of carbonyl (C=O) groups is 4. The lowest BCUT2D eigenvalue weighted by Gasteiger charge is -2.31. The maximum atomic E-state index is 13.2. The molecule has 0 saturated heterocycles. The first kappa shape index (κ1) is 42.5. The molecule has 1 aliphatic carbocycles. The van der Waals surface area contributed by atoms with Gasteiger partial charge in [-0.1, -0.05) is 87.9 Å². The fourth-order valence-electron chi connectivity index (χ4n) is 4.78. The average molecular weight is 680 g/mol. The summed E-state index contributed by atoms with van der Waals surface area (Å²) in [6.07, 6.45) is 9.46. The lowest BCUT2D eigenvalue weighted by atomic mass is 9.78. The van der Waals surface area contributed by atoms with E-state index in [-0.39, 0.29) is 43.8 Å². The molecule has 0 heterocycles. The Morgan fingerprint density at radius 3 is 2.12 bits per heavy atom. The number of hydrogen-bond acceptors (Lipinski definition) is 9. The van der Waals surface area contributed by atoms with Crippen LogP contribution < -0.4 is 5.32 Å². The van der Waals surface area contributed by atoms with E-state index in [4.69, 9.17) is 24.1 Å². The summed E-state index contributed by atoms with van der Waals surface area (Å²) < 4.78 is 22.0. The maximum Gasteiger partial charge on any atom is 0.338 e. The summed E-state index contributed by atoms with van der Waals surface area (Å²) in [6, 6.07) is 15.8. The number of rotatable bonds is 17. The number of nitrogens with one attached hydrogen (secondary N) is 1. The van der Waals surface area contributed by atoms with E-state index in [0.29, 0.717) is 25.3 Å². The van der Waals surface area contributed by atoms with E-state index in [1.54, 1.807) is 43.3 Å². The minimum atomic E-state index is -1.11. The number of benzene rings is 2. The Kier molecular flexibility index (Phi) is 21.3. The van der Waals surface area contributed by atoms with Gasteiger partial charge in [0.2, 0.25) is 0 Å². The number of aliphatic hydroxyl groups is 1. The Balaban J connectivity index is 0.00000289. The molecule has 1 atom stereocenters. The highest BCUT2D eigenvalue weighted by molar-refractivity contribution is 6.06. The van der Waals surface area contributed by atoms with Crippen LogP contribution in [0.1, 0.15) is 93.0 Å². The topological polar surface area (TPSA) is 137 Å². The molecule has 0 aliphatic heterocycles. The van der Waals surface area contributed by atoms with Crippen molar-refractivity contribution in [1.29, 1.82) is 0 Å². The summed E-state index contributed by atoms with van der Waals surface area (Å²) in [5.74, 6) is -1.85. The van der Waals surface area contributed by atoms with Gasteiger partial charge < -0.3 is 29.4 Å². The van der Waals surface area contributed by atoms with Gasteiger partial charge in [-0.3, -0.25) is 14.4 Å². The summed E-state index contributed by atoms with van der Waals surface area (Å²) in [4.78, 5) is 51.6. The van der Waals surface area contributed by atoms with E-state index in [2.05, 4.69) is 5.32 Å². The second kappa shape index (κ2) is 24.6. The number of carbonyl (C=O) groups excluding carboxylic acids is 4. The van der Waals surface area contributed by atoms with Crippen molar-refractivity contribution >= 4 is 23.8 Å². The van der Waals surface area contributed by atoms with Crippen molar-refractivity contribution in [2.45, 2.75) is 72.1 Å². The molecule has 2 N–H and O–H groups in total. The third-order valence-electron chi connectivity index (χ3n) is 7.26. The Hall–Kier alpha value is -4.54. The number of ether oxygens (including phenoxy) is 4. The quantitative estimate of drug-likeness (QED) is 0.107. The van der Waals surface area contributed by atoms with Crippen LogP contribution in [0.4, 0.5) is 0 Å². The molecule has 2 aromatic rings. The molecule has 1 amide bonds. The van der Waals surface area contributed by atoms with Crippen LogP contribution in [0.3, 0.4) is 0 Å². The van der Waals surface area contributed by atoms with Crippen LogP contribution in [0.5, 0.6) is 0 Å². The largest absolute Gasteiger partial charge is 0.465 e. The number of aliphatic hydroxyl groups excluding tert-OH is 1. The van der Waals surface area contributed by atoms with Gasteiger partial charge >= 0.3 is 17.9 Å². The fraction of sp³-hybridized carbons (Fsp3) is 0.436. The molecule has 10 nitrogen and oxygen atoms in total. The van der Waals surface area contributed by atoms with Gasteiger partial charge in [0.15, 0.2) is 0 Å². The summed E-state index contributed by atoms with van der Waals surface area (Å²) in [6.45, 7) is 10.6. The molecule has 10 heteroatoms. The van der Waals surface area contributed by atoms with E-state index >= 15 is 0 Å². The van der Waals surface area contributed by atoms with Crippen LogP contribution in [-0.4, -0.2) is 69.1 Å². The van der Waals surface area contributed by atoms with Gasteiger partial charge in [-0.05, 0) is 56.0 Å². The van der Waals surface area contributed by atoms with Crippen molar-refractivity contribution in [2.75, 3.05) is 40.1 Å². The molecule has 2 aromatic carbocycles. The normalized spacial score (nSPS) is 13.0. The SMILES string of the molecule is CC.CCCCOC(=O)c1ccccc1C(=O)NC1=CCC=C(CC(=O)OCCC(COCC)(C(=O)OCC)c2ccccc2)C=C1.CO. The zero-order valence-electron chi connectivity index (χ0n) is 29.8. The van der Waals surface area contributed by atoms with Gasteiger partial charge in [0.25, 0.3) is 5.91 Å². The first-order valence-electron chi connectivity index (χ1n) is 16.9. The molecule has 0 spiro atoms. The molecular weight excluding hydrogens is 626 g/mol. The van der Waals surface area contributed by atoms with Crippen LogP contribution in [0.15, 0.2) is 90.2 Å². The smallest absolute Gasteiger partial charge is 0.338 e. The van der Waals surface area contributed by atoms with Crippen LogP contribution in [0, 0.1) is 0 Å². The zero-order chi connectivity index (χ0) is 36.5. The third-order valence-corrected chi connectivity index (χ3v) is 7.26. The highest BCUT2D eigenvalue weighted by Crippen LogP contribution is 2.31. The van der Waals surface area contributed by atoms with Gasteiger partial charge in [-0.25, -0.2) is 4.79 Å². The van der Waals surface area contributed by atoms with Crippen LogP contribution in [0.25, 0.3) is 0 Å². The Morgan fingerprint density at radius 2 is 1.47 bits per heavy atom. The van der Waals surface area contributed by atoms with Crippen molar-refractivity contribution in [3.8, 4) is 0 Å². The number of allylic oxidation sites excluding steroid dienone is 4. The van der Waals surface area contributed by atoms with E-state index in [9.17, 15) is 19.2 Å². The predicted octanol–water partition coefficient (Wildman–Crippen LogP) is 6.64. The summed E-state index contributed by atoms with van der Waals surface area (Å²) in [5.41, 5.74) is 1.29. The van der Waals surface area contributed by atoms with Gasteiger partial charge in [-0.2, -0.15) is 0 Å². The standard InChI is InChI=1S/C36H43NO8.C2H6.CH4O/c1-4-7-23-45-34(40)31-19-12-11-18-30(31)33(39)37-29-17-13-14-27(20-21-29)25-32(38)44-24-22-36(26-42-5-2,35(41)43-6-3)28-15-9-8-10-16-28;2*1-2/h8-12,14-21H,4-7,13,22-26H2,1-3H3,(H,37,39);1-2H3;2H,1H3. The number of hydrogen-bond donors (Lipinski definition) is 2.